The van der Waals surface area contributed by atoms with Gasteiger partial charge in [-0.15, -0.1) is 0 Å². The number of Topliss-reactive ketones (excluding diaryl/α,β-unsaturated/α-hetero) is 2. The van der Waals surface area contributed by atoms with Gasteiger partial charge in [-0.05, 0) is 69.8 Å². The number of nitrogens with zero attached hydrogens (tertiary/aromatic N) is 2. The van der Waals surface area contributed by atoms with Gasteiger partial charge in [0.05, 0.1) is 17.5 Å². The number of ketones is 2. The van der Waals surface area contributed by atoms with Crippen molar-refractivity contribution in [2.24, 2.45) is 23.5 Å². The van der Waals surface area contributed by atoms with Crippen LogP contribution in [0.15, 0.2) is 46.9 Å². The van der Waals surface area contributed by atoms with Gasteiger partial charge in [0.2, 0.25) is 0 Å². The second kappa shape index (κ2) is 8.85. The number of hydrogen-bond acceptors (Lipinski definition) is 8. The molecule has 6 atom stereocenters. The number of aliphatic hydroxyl groups excluding tert-OH is 2. The predicted octanol–water partition coefficient (Wildman–Crippen LogP) is 2.15. The number of phenols is 1. The topological polar surface area (TPSA) is 144 Å². The summed E-state index contributed by atoms with van der Waals surface area (Å²) >= 11 is 0. The molecule has 4 unspecified atom stereocenters. The Morgan fingerprint density at radius 3 is 2.32 bits per heavy atom. The predicted molar refractivity (Wildman–Crippen MR) is 136 cm³/mol. The van der Waals surface area contributed by atoms with Crippen molar-refractivity contribution in [3.05, 3.63) is 63.6 Å². The number of phenolic OH excluding ortho intramolecular Hbond substituents is 1. The molecule has 1 aliphatic heterocycles. The van der Waals surface area contributed by atoms with E-state index in [0.717, 1.165) is 11.1 Å². The van der Waals surface area contributed by atoms with Crippen LogP contribution in [0.5, 0.6) is 5.75 Å². The molecule has 0 bridgehead atoms. The number of carbonyl (C=O) groups is 3. The minimum Gasteiger partial charge on any atom is -0.511 e. The summed E-state index contributed by atoms with van der Waals surface area (Å²) in [4.78, 5) is 43.1. The van der Waals surface area contributed by atoms with E-state index in [2.05, 4.69) is 30.9 Å². The van der Waals surface area contributed by atoms with E-state index in [4.69, 9.17) is 5.73 Å². The molecule has 1 aromatic rings. The maximum Gasteiger partial charge on any atom is 0.255 e. The highest BCUT2D eigenvalue weighted by Gasteiger charge is 2.54. The molecule has 0 spiro atoms. The Morgan fingerprint density at radius 1 is 1.08 bits per heavy atom. The van der Waals surface area contributed by atoms with E-state index in [1.165, 1.54) is 6.07 Å². The Labute approximate surface area is 215 Å². The zero-order valence-corrected chi connectivity index (χ0v) is 21.4. The summed E-state index contributed by atoms with van der Waals surface area (Å²) in [5, 5.41) is 33.0. The minimum atomic E-state index is -1.18. The van der Waals surface area contributed by atoms with Gasteiger partial charge < -0.3 is 21.1 Å². The van der Waals surface area contributed by atoms with Crippen LogP contribution in [0, 0.1) is 17.8 Å². The van der Waals surface area contributed by atoms with Gasteiger partial charge in [-0.1, -0.05) is 18.2 Å². The van der Waals surface area contributed by atoms with Crippen LogP contribution in [0.25, 0.3) is 0 Å². The molecule has 1 aromatic carbocycles. The number of aliphatic hydroxyl groups is 2. The van der Waals surface area contributed by atoms with E-state index in [-0.39, 0.29) is 29.0 Å². The Kier molecular flexibility index (Phi) is 6.03. The molecule has 9 nitrogen and oxygen atoms in total. The number of allylic oxidation sites excluding steroid dienone is 2. The molecule has 0 fully saturated rings. The van der Waals surface area contributed by atoms with Crippen molar-refractivity contribution >= 4 is 17.5 Å². The zero-order valence-electron chi connectivity index (χ0n) is 21.4. The first-order valence-corrected chi connectivity index (χ1v) is 12.6. The lowest BCUT2D eigenvalue weighted by atomic mass is 9.60. The lowest BCUT2D eigenvalue weighted by Crippen LogP contribution is -2.53. The Morgan fingerprint density at radius 2 is 1.73 bits per heavy atom. The van der Waals surface area contributed by atoms with Gasteiger partial charge in [-0.25, -0.2) is 0 Å². The number of carbonyl (C=O) groups excluding carboxylic acids is 3. The van der Waals surface area contributed by atoms with E-state index < -0.39 is 58.4 Å². The number of benzene rings is 1. The number of amides is 1. The quantitative estimate of drug-likeness (QED) is 0.358. The summed E-state index contributed by atoms with van der Waals surface area (Å²) in [5.74, 6) is -5.46. The molecule has 5 N–H and O–H groups in total. The summed E-state index contributed by atoms with van der Waals surface area (Å²) in [5.41, 5.74) is 6.82. The summed E-state index contributed by atoms with van der Waals surface area (Å²) in [6.45, 7) is 4.82. The number of nitrogens with two attached hydrogens (primary N) is 1. The molecular formula is C28H33N3O6. The SMILES string of the molecule is CC1C=CC(C)N1Cc1ccc(O)c2c1C[C@H]1CC3C(C(=O)C(C(N)=O)=C(O)[C@H]3N(C)C)C(O)=C1C2=O. The summed E-state index contributed by atoms with van der Waals surface area (Å²) in [6.07, 6.45) is 5.03. The van der Waals surface area contributed by atoms with Crippen molar-refractivity contribution in [1.29, 1.82) is 0 Å². The van der Waals surface area contributed by atoms with Gasteiger partial charge in [-0.3, -0.25) is 24.2 Å². The van der Waals surface area contributed by atoms with E-state index in [1.54, 1.807) is 19.0 Å². The lowest BCUT2D eigenvalue weighted by molar-refractivity contribution is -0.127. The summed E-state index contributed by atoms with van der Waals surface area (Å²) in [6, 6.07) is 3.09. The third-order valence-corrected chi connectivity index (χ3v) is 8.61. The molecule has 1 amide bonds. The third kappa shape index (κ3) is 3.71. The van der Waals surface area contributed by atoms with Crippen molar-refractivity contribution in [1.82, 2.24) is 9.80 Å². The van der Waals surface area contributed by atoms with Gasteiger partial charge in [0.25, 0.3) is 5.91 Å². The van der Waals surface area contributed by atoms with Crippen LogP contribution in [0.4, 0.5) is 0 Å². The number of rotatable bonds is 4. The largest absolute Gasteiger partial charge is 0.511 e. The average molecular weight is 508 g/mol. The molecule has 9 heteroatoms. The summed E-state index contributed by atoms with van der Waals surface area (Å²) in [7, 11) is 3.43. The average Bonchev–Trinajstić information content (AvgIpc) is 3.11. The lowest BCUT2D eigenvalue weighted by Gasteiger charge is -2.46. The van der Waals surface area contributed by atoms with E-state index in [9.17, 15) is 29.7 Å². The van der Waals surface area contributed by atoms with Crippen LogP contribution in [0.2, 0.25) is 0 Å². The second-order valence-electron chi connectivity index (χ2n) is 10.9. The van der Waals surface area contributed by atoms with Gasteiger partial charge >= 0.3 is 0 Å². The highest BCUT2D eigenvalue weighted by atomic mass is 16.3. The zero-order chi connectivity index (χ0) is 26.9. The van der Waals surface area contributed by atoms with Crippen molar-refractivity contribution in [3.63, 3.8) is 0 Å². The first kappa shape index (κ1) is 25.2. The van der Waals surface area contributed by atoms with Crippen LogP contribution in [0.3, 0.4) is 0 Å². The molecule has 1 heterocycles. The third-order valence-electron chi connectivity index (χ3n) is 8.61. The number of fused-ring (bicyclic) bond motifs is 3. The van der Waals surface area contributed by atoms with E-state index >= 15 is 0 Å². The van der Waals surface area contributed by atoms with Crippen LogP contribution >= 0.6 is 0 Å². The fourth-order valence-corrected chi connectivity index (χ4v) is 6.88. The van der Waals surface area contributed by atoms with E-state index in [0.29, 0.717) is 19.4 Å². The van der Waals surface area contributed by atoms with Crippen molar-refractivity contribution < 1.29 is 29.7 Å². The molecule has 3 aliphatic carbocycles. The van der Waals surface area contributed by atoms with Crippen molar-refractivity contribution in [2.45, 2.75) is 51.4 Å². The molecule has 0 aromatic heterocycles. The van der Waals surface area contributed by atoms with Gasteiger partial charge in [0.1, 0.15) is 22.8 Å². The van der Waals surface area contributed by atoms with Crippen LogP contribution in [0.1, 0.15) is 41.8 Å². The normalized spacial score (nSPS) is 31.6. The number of likely N-dealkylation sites (N-methyl/N-ethyl adjacent to an activating group) is 1. The smallest absolute Gasteiger partial charge is 0.255 e. The molecule has 196 valence electrons. The maximum absolute atomic E-state index is 13.8. The summed E-state index contributed by atoms with van der Waals surface area (Å²) < 4.78 is 0. The molecule has 0 saturated heterocycles. The van der Waals surface area contributed by atoms with Crippen LogP contribution in [-0.2, 0) is 22.6 Å². The Hall–Kier alpha value is -3.43. The molecule has 4 aliphatic rings. The number of primary amides is 1. The Balaban J connectivity index is 1.61. The van der Waals surface area contributed by atoms with E-state index in [1.807, 2.05) is 6.07 Å². The first-order valence-electron chi connectivity index (χ1n) is 12.6. The highest BCUT2D eigenvalue weighted by molar-refractivity contribution is 6.22. The number of hydrogen-bond donors (Lipinski definition) is 4. The minimum absolute atomic E-state index is 0.0989. The molecule has 5 rings (SSSR count). The molecule has 37 heavy (non-hydrogen) atoms. The van der Waals surface area contributed by atoms with Crippen molar-refractivity contribution in [2.75, 3.05) is 14.1 Å². The van der Waals surface area contributed by atoms with Gasteiger partial charge in [0.15, 0.2) is 11.6 Å². The fraction of sp³-hybridized carbons (Fsp3) is 0.464. The fourth-order valence-electron chi connectivity index (χ4n) is 6.88. The van der Waals surface area contributed by atoms with Gasteiger partial charge in [-0.2, -0.15) is 0 Å². The maximum atomic E-state index is 13.8. The first-order chi connectivity index (χ1) is 17.4. The van der Waals surface area contributed by atoms with Crippen LogP contribution < -0.4 is 5.73 Å². The van der Waals surface area contributed by atoms with Gasteiger partial charge in [0, 0.05) is 24.2 Å². The second-order valence-corrected chi connectivity index (χ2v) is 10.9. The highest BCUT2D eigenvalue weighted by Crippen LogP contribution is 2.50. The van der Waals surface area contributed by atoms with Crippen LogP contribution in [-0.4, -0.2) is 74.8 Å². The molecular weight excluding hydrogens is 474 g/mol. The van der Waals surface area contributed by atoms with Crippen molar-refractivity contribution in [3.8, 4) is 5.75 Å². The monoisotopic (exact) mass is 507 g/mol. The number of aromatic hydroxyl groups is 1. The molecule has 0 saturated carbocycles. The standard InChI is InChI=1S/C28H33N3O6/c1-12-5-6-13(2)31(12)11-14-7-8-18(32)20-16(14)9-15-10-17-21(25(34)19(15)24(20)33)26(35)22(28(29)37)27(36)23(17)30(3)4/h5-8,12-13,15,17,21,23,32,34,36H,9-11H2,1-4H3,(H2,29,37)/t12?,13?,15-,17?,21?,23-/m0/s1. The Bertz CT molecular complexity index is 1300. The molecule has 0 radical (unpaired) electrons.